The van der Waals surface area contributed by atoms with E-state index in [0.29, 0.717) is 19.6 Å². The molecule has 2 rings (SSSR count). The third kappa shape index (κ3) is 2.88. The number of H-pyrrole nitrogens is 1. The monoisotopic (exact) mass is 279 g/mol. The molecule has 0 bridgehead atoms. The van der Waals surface area contributed by atoms with Crippen LogP contribution in [-0.2, 0) is 9.53 Å². The van der Waals surface area contributed by atoms with Crippen molar-refractivity contribution in [3.8, 4) is 0 Å². The van der Waals surface area contributed by atoms with Gasteiger partial charge in [0.1, 0.15) is 11.6 Å². The number of hydrogen-bond acceptors (Lipinski definition) is 5. The van der Waals surface area contributed by atoms with Gasteiger partial charge in [0, 0.05) is 38.1 Å². The second-order valence-electron chi connectivity index (χ2n) is 4.39. The quantitative estimate of drug-likeness (QED) is 0.718. The van der Waals surface area contributed by atoms with Crippen molar-refractivity contribution < 1.29 is 14.3 Å². The van der Waals surface area contributed by atoms with Gasteiger partial charge in [-0.15, -0.1) is 0 Å². The van der Waals surface area contributed by atoms with Crippen molar-refractivity contribution in [1.29, 1.82) is 0 Å². The number of ether oxygens (including phenoxy) is 1. The number of amides is 1. The minimum Gasteiger partial charge on any atom is -0.464 e. The zero-order valence-electron chi connectivity index (χ0n) is 11.2. The molecule has 1 atom stereocenters. The molecule has 7 heteroatoms. The van der Waals surface area contributed by atoms with Crippen molar-refractivity contribution in [2.24, 2.45) is 0 Å². The highest BCUT2D eigenvalue weighted by Crippen LogP contribution is 2.09. The summed E-state index contributed by atoms with van der Waals surface area (Å²) in [6, 6.07) is 0.588. The summed E-state index contributed by atoms with van der Waals surface area (Å²) < 4.78 is 4.97. The molecule has 1 aromatic rings. The number of piperazine rings is 1. The van der Waals surface area contributed by atoms with Crippen molar-refractivity contribution in [1.82, 2.24) is 15.2 Å². The maximum Gasteiger partial charge on any atom is 0.330 e. The average Bonchev–Trinajstić information content (AvgIpc) is 2.47. The summed E-state index contributed by atoms with van der Waals surface area (Å²) in [5.74, 6) is -0.910. The first-order valence-corrected chi connectivity index (χ1v) is 6.50. The number of nitrogens with one attached hydrogen (secondary N) is 2. The van der Waals surface area contributed by atoms with Crippen LogP contribution in [0.2, 0.25) is 0 Å². The standard InChI is InChI=1S/C13H17N3O4/c1-2-20-13(19)10-8-15-5-6-16(10)12(18)9-7-14-4-3-11(9)17/h3-4,7,10,15H,2,5-6,8H2,1H3,(H,14,17). The lowest BCUT2D eigenvalue weighted by molar-refractivity contribution is -0.149. The lowest BCUT2D eigenvalue weighted by Gasteiger charge is -2.34. The van der Waals surface area contributed by atoms with Crippen LogP contribution in [0.25, 0.3) is 0 Å². The summed E-state index contributed by atoms with van der Waals surface area (Å²) in [7, 11) is 0. The number of nitrogens with zero attached hydrogens (tertiary/aromatic N) is 1. The van der Waals surface area contributed by atoms with Crippen LogP contribution in [0.1, 0.15) is 17.3 Å². The van der Waals surface area contributed by atoms with Crippen LogP contribution in [0.3, 0.4) is 0 Å². The van der Waals surface area contributed by atoms with Gasteiger partial charge in [0.15, 0.2) is 5.43 Å². The van der Waals surface area contributed by atoms with Crippen LogP contribution in [0, 0.1) is 0 Å². The lowest BCUT2D eigenvalue weighted by atomic mass is 10.1. The van der Waals surface area contributed by atoms with E-state index in [1.165, 1.54) is 23.4 Å². The number of carbonyl (C=O) groups is 2. The molecule has 1 unspecified atom stereocenters. The van der Waals surface area contributed by atoms with E-state index >= 15 is 0 Å². The molecule has 1 fully saturated rings. The van der Waals surface area contributed by atoms with Crippen LogP contribution >= 0.6 is 0 Å². The third-order valence-corrected chi connectivity index (χ3v) is 3.12. The Kier molecular flexibility index (Phi) is 4.52. The van der Waals surface area contributed by atoms with Gasteiger partial charge < -0.3 is 19.9 Å². The lowest BCUT2D eigenvalue weighted by Crippen LogP contribution is -2.57. The molecular formula is C13H17N3O4. The van der Waals surface area contributed by atoms with Crippen LogP contribution in [-0.4, -0.2) is 54.0 Å². The first-order chi connectivity index (χ1) is 9.65. The van der Waals surface area contributed by atoms with Gasteiger partial charge in [0.05, 0.1) is 6.61 Å². The van der Waals surface area contributed by atoms with E-state index in [2.05, 4.69) is 10.3 Å². The van der Waals surface area contributed by atoms with Gasteiger partial charge in [-0.05, 0) is 6.92 Å². The summed E-state index contributed by atoms with van der Waals surface area (Å²) in [5.41, 5.74) is -0.335. The van der Waals surface area contributed by atoms with E-state index in [4.69, 9.17) is 4.74 Å². The van der Waals surface area contributed by atoms with Gasteiger partial charge in [-0.2, -0.15) is 0 Å². The fourth-order valence-electron chi connectivity index (χ4n) is 2.13. The molecule has 1 saturated heterocycles. The van der Waals surface area contributed by atoms with E-state index in [0.717, 1.165) is 0 Å². The maximum atomic E-state index is 12.4. The molecule has 1 amide bonds. The summed E-state index contributed by atoms with van der Waals surface area (Å²) >= 11 is 0. The Morgan fingerprint density at radius 2 is 2.30 bits per heavy atom. The van der Waals surface area contributed by atoms with Crippen molar-refractivity contribution >= 4 is 11.9 Å². The average molecular weight is 279 g/mol. The Morgan fingerprint density at radius 1 is 1.50 bits per heavy atom. The molecule has 108 valence electrons. The number of carbonyl (C=O) groups excluding carboxylic acids is 2. The third-order valence-electron chi connectivity index (χ3n) is 3.12. The van der Waals surface area contributed by atoms with Gasteiger partial charge in [-0.25, -0.2) is 4.79 Å². The highest BCUT2D eigenvalue weighted by Gasteiger charge is 2.34. The fourth-order valence-corrected chi connectivity index (χ4v) is 2.13. The number of hydrogen-bond donors (Lipinski definition) is 2. The molecule has 0 aromatic carbocycles. The van der Waals surface area contributed by atoms with Gasteiger partial charge in [0.2, 0.25) is 0 Å². The Labute approximate surface area is 115 Å². The number of aromatic amines is 1. The van der Waals surface area contributed by atoms with Crippen molar-refractivity contribution in [3.05, 3.63) is 34.2 Å². The molecule has 1 aromatic heterocycles. The largest absolute Gasteiger partial charge is 0.464 e. The number of esters is 1. The zero-order chi connectivity index (χ0) is 14.5. The molecule has 0 saturated carbocycles. The highest BCUT2D eigenvalue weighted by atomic mass is 16.5. The second-order valence-corrected chi connectivity index (χ2v) is 4.39. The summed E-state index contributed by atoms with van der Waals surface area (Å²) in [5, 5.41) is 3.04. The van der Waals surface area contributed by atoms with E-state index < -0.39 is 17.9 Å². The van der Waals surface area contributed by atoms with E-state index in [1.54, 1.807) is 6.92 Å². The fraction of sp³-hybridized carbons (Fsp3) is 0.462. The van der Waals surface area contributed by atoms with E-state index in [1.807, 2.05) is 0 Å². The minimum absolute atomic E-state index is 0.0312. The van der Waals surface area contributed by atoms with E-state index in [9.17, 15) is 14.4 Å². The predicted octanol–water partition coefficient (Wildman–Crippen LogP) is -0.648. The van der Waals surface area contributed by atoms with Crippen molar-refractivity contribution in [3.63, 3.8) is 0 Å². The predicted molar refractivity (Wildman–Crippen MR) is 71.4 cm³/mol. The molecule has 2 N–H and O–H groups in total. The molecule has 20 heavy (non-hydrogen) atoms. The zero-order valence-corrected chi connectivity index (χ0v) is 11.2. The number of pyridine rings is 1. The highest BCUT2D eigenvalue weighted by molar-refractivity contribution is 5.96. The normalized spacial score (nSPS) is 18.6. The van der Waals surface area contributed by atoms with Gasteiger partial charge in [-0.1, -0.05) is 0 Å². The first-order valence-electron chi connectivity index (χ1n) is 6.50. The van der Waals surface area contributed by atoms with Crippen LogP contribution in [0.5, 0.6) is 0 Å². The second kappa shape index (κ2) is 6.33. The summed E-state index contributed by atoms with van der Waals surface area (Å²) in [6.45, 7) is 3.23. The molecule has 1 aliphatic heterocycles. The van der Waals surface area contributed by atoms with Gasteiger partial charge >= 0.3 is 5.97 Å². The summed E-state index contributed by atoms with van der Waals surface area (Å²) in [4.78, 5) is 40.1. The molecule has 0 spiro atoms. The Balaban J connectivity index is 2.24. The van der Waals surface area contributed by atoms with Crippen molar-refractivity contribution in [2.45, 2.75) is 13.0 Å². The minimum atomic E-state index is -0.698. The molecule has 1 aliphatic rings. The molecule has 2 heterocycles. The number of aromatic nitrogens is 1. The Hall–Kier alpha value is -2.15. The van der Waals surface area contributed by atoms with Crippen molar-refractivity contribution in [2.75, 3.05) is 26.2 Å². The Morgan fingerprint density at radius 3 is 3.00 bits per heavy atom. The molecule has 7 nitrogen and oxygen atoms in total. The SMILES string of the molecule is CCOC(=O)C1CNCCN1C(=O)c1c[nH]ccc1=O. The first kappa shape index (κ1) is 14.3. The van der Waals surface area contributed by atoms with E-state index in [-0.39, 0.29) is 17.6 Å². The van der Waals surface area contributed by atoms with Gasteiger partial charge in [-0.3, -0.25) is 9.59 Å². The van der Waals surface area contributed by atoms with Crippen LogP contribution < -0.4 is 10.7 Å². The maximum absolute atomic E-state index is 12.4. The van der Waals surface area contributed by atoms with Crippen LogP contribution in [0.15, 0.2) is 23.3 Å². The number of rotatable bonds is 3. The van der Waals surface area contributed by atoms with Crippen LogP contribution in [0.4, 0.5) is 0 Å². The summed E-state index contributed by atoms with van der Waals surface area (Å²) in [6.07, 6.45) is 2.81. The molecule has 0 aliphatic carbocycles. The topological polar surface area (TPSA) is 91.5 Å². The Bertz CT molecular complexity index is 555. The smallest absolute Gasteiger partial charge is 0.330 e. The molecular weight excluding hydrogens is 262 g/mol. The molecule has 0 radical (unpaired) electrons. The van der Waals surface area contributed by atoms with Gasteiger partial charge in [0.25, 0.3) is 5.91 Å².